The number of carbonyl (C=O) groups is 2. The number of hydrogen-bond acceptors (Lipinski definition) is 4. The van der Waals surface area contributed by atoms with Crippen molar-refractivity contribution in [1.82, 2.24) is 4.72 Å². The van der Waals surface area contributed by atoms with Gasteiger partial charge in [0.15, 0.2) is 0 Å². The van der Waals surface area contributed by atoms with E-state index in [1.165, 1.54) is 48.5 Å². The van der Waals surface area contributed by atoms with Crippen LogP contribution in [0.25, 0.3) is 0 Å². The fourth-order valence-corrected chi connectivity index (χ4v) is 3.11. The lowest BCUT2D eigenvalue weighted by atomic mass is 10.1. The normalized spacial score (nSPS) is 11.1. The zero-order chi connectivity index (χ0) is 17.0. The Labute approximate surface area is 132 Å². The van der Waals surface area contributed by atoms with Crippen molar-refractivity contribution in [1.29, 1.82) is 0 Å². The van der Waals surface area contributed by atoms with Gasteiger partial charge in [0.2, 0.25) is 10.0 Å². The summed E-state index contributed by atoms with van der Waals surface area (Å²) in [5.74, 6) is -2.41. The van der Waals surface area contributed by atoms with Gasteiger partial charge >= 0.3 is 11.9 Å². The first-order valence-corrected chi connectivity index (χ1v) is 7.94. The second kappa shape index (κ2) is 6.59. The zero-order valence-corrected chi connectivity index (χ0v) is 12.6. The lowest BCUT2D eigenvalue weighted by Gasteiger charge is -2.09. The molecule has 0 radical (unpaired) electrons. The topological polar surface area (TPSA) is 121 Å². The van der Waals surface area contributed by atoms with Gasteiger partial charge in [-0.25, -0.2) is 22.7 Å². The lowest BCUT2D eigenvalue weighted by Crippen LogP contribution is -2.25. The van der Waals surface area contributed by atoms with Crippen LogP contribution in [0.4, 0.5) is 0 Å². The molecule has 0 aliphatic heterocycles. The van der Waals surface area contributed by atoms with Gasteiger partial charge < -0.3 is 10.2 Å². The van der Waals surface area contributed by atoms with Crippen LogP contribution in [0.2, 0.25) is 0 Å². The van der Waals surface area contributed by atoms with Crippen molar-refractivity contribution in [3.63, 3.8) is 0 Å². The summed E-state index contributed by atoms with van der Waals surface area (Å²) in [6.07, 6.45) is 0. The smallest absolute Gasteiger partial charge is 0.337 e. The summed E-state index contributed by atoms with van der Waals surface area (Å²) >= 11 is 0. The predicted octanol–water partition coefficient (Wildman–Crippen LogP) is 1.56. The first kappa shape index (κ1) is 16.7. The van der Waals surface area contributed by atoms with Crippen LogP contribution in [0.1, 0.15) is 26.3 Å². The van der Waals surface area contributed by atoms with Crippen LogP contribution in [0, 0.1) is 0 Å². The average Bonchev–Trinajstić information content (AvgIpc) is 2.53. The monoisotopic (exact) mass is 335 g/mol. The Kier molecular flexibility index (Phi) is 4.77. The van der Waals surface area contributed by atoms with Crippen LogP contribution in [0.15, 0.2) is 53.4 Å². The highest BCUT2D eigenvalue weighted by atomic mass is 32.2. The van der Waals surface area contributed by atoms with E-state index in [-0.39, 0.29) is 22.6 Å². The van der Waals surface area contributed by atoms with Crippen LogP contribution < -0.4 is 4.72 Å². The number of carboxylic acid groups (broad SMARTS) is 2. The number of aromatic carboxylic acids is 2. The highest BCUT2D eigenvalue weighted by Crippen LogP contribution is 2.16. The first-order valence-electron chi connectivity index (χ1n) is 6.45. The van der Waals surface area contributed by atoms with E-state index in [0.717, 1.165) is 0 Å². The van der Waals surface area contributed by atoms with Crippen LogP contribution in [-0.2, 0) is 16.6 Å². The number of sulfonamides is 1. The quantitative estimate of drug-likeness (QED) is 0.737. The molecule has 2 rings (SSSR count). The fourth-order valence-electron chi connectivity index (χ4n) is 1.90. The minimum Gasteiger partial charge on any atom is -0.478 e. The molecule has 0 atom stereocenters. The molecular weight excluding hydrogens is 322 g/mol. The van der Waals surface area contributed by atoms with Gasteiger partial charge in [-0.3, -0.25) is 0 Å². The van der Waals surface area contributed by atoms with Gasteiger partial charge in [0.1, 0.15) is 0 Å². The van der Waals surface area contributed by atoms with E-state index in [2.05, 4.69) is 4.72 Å². The van der Waals surface area contributed by atoms with Crippen molar-refractivity contribution < 1.29 is 28.2 Å². The van der Waals surface area contributed by atoms with Crippen LogP contribution in [-0.4, -0.2) is 30.6 Å². The second-order valence-corrected chi connectivity index (χ2v) is 6.36. The highest BCUT2D eigenvalue weighted by Gasteiger charge is 2.21. The number of nitrogens with one attached hydrogen (secondary N) is 1. The summed E-state index contributed by atoms with van der Waals surface area (Å²) in [6.45, 7) is -0.0871. The fraction of sp³-hybridized carbons (Fsp3) is 0.0667. The third-order valence-corrected chi connectivity index (χ3v) is 4.53. The minimum absolute atomic E-state index is 0.0871. The zero-order valence-electron chi connectivity index (χ0n) is 11.8. The Hall–Kier alpha value is -2.71. The van der Waals surface area contributed by atoms with Crippen LogP contribution in [0.3, 0.4) is 0 Å². The number of carboxylic acids is 2. The number of rotatable bonds is 6. The lowest BCUT2D eigenvalue weighted by molar-refractivity contribution is 0.0684. The van der Waals surface area contributed by atoms with Crippen molar-refractivity contribution in [2.45, 2.75) is 11.4 Å². The summed E-state index contributed by atoms with van der Waals surface area (Å²) in [5.41, 5.74) is 0.320. The van der Waals surface area contributed by atoms with Crippen molar-refractivity contribution in [2.75, 3.05) is 0 Å². The van der Waals surface area contributed by atoms with Gasteiger partial charge in [0.25, 0.3) is 0 Å². The molecule has 2 aromatic carbocycles. The Bertz CT molecular complexity index is 843. The molecular formula is C15H13NO6S. The first-order chi connectivity index (χ1) is 10.8. The van der Waals surface area contributed by atoms with Gasteiger partial charge in [-0.15, -0.1) is 0 Å². The second-order valence-electron chi connectivity index (χ2n) is 4.63. The SMILES string of the molecule is O=C(O)c1ccc(CNS(=O)(=O)c2ccccc2C(=O)O)cc1. The molecule has 0 saturated carbocycles. The van der Waals surface area contributed by atoms with E-state index in [4.69, 9.17) is 10.2 Å². The molecule has 3 N–H and O–H groups in total. The van der Waals surface area contributed by atoms with Gasteiger partial charge in [0.05, 0.1) is 16.0 Å². The molecule has 0 aliphatic carbocycles. The summed E-state index contributed by atoms with van der Waals surface area (Å²) < 4.78 is 26.8. The molecule has 0 heterocycles. The van der Waals surface area contributed by atoms with E-state index < -0.39 is 22.0 Å². The van der Waals surface area contributed by atoms with Crippen molar-refractivity contribution >= 4 is 22.0 Å². The third kappa shape index (κ3) is 3.93. The van der Waals surface area contributed by atoms with E-state index in [0.29, 0.717) is 5.56 Å². The molecule has 7 nitrogen and oxygen atoms in total. The van der Waals surface area contributed by atoms with E-state index >= 15 is 0 Å². The van der Waals surface area contributed by atoms with Crippen LogP contribution >= 0.6 is 0 Å². The largest absolute Gasteiger partial charge is 0.478 e. The molecule has 0 aromatic heterocycles. The average molecular weight is 335 g/mol. The molecule has 8 heteroatoms. The molecule has 0 aliphatic rings. The molecule has 120 valence electrons. The molecule has 0 spiro atoms. The highest BCUT2D eigenvalue weighted by molar-refractivity contribution is 7.89. The van der Waals surface area contributed by atoms with Crippen molar-refractivity contribution in [3.05, 3.63) is 65.2 Å². The summed E-state index contributed by atoms with van der Waals surface area (Å²) in [5, 5.41) is 17.8. The Morgan fingerprint density at radius 2 is 1.52 bits per heavy atom. The minimum atomic E-state index is -4.01. The molecule has 2 aromatic rings. The molecule has 23 heavy (non-hydrogen) atoms. The maximum absolute atomic E-state index is 12.2. The predicted molar refractivity (Wildman–Crippen MR) is 80.8 cm³/mol. The maximum atomic E-state index is 12.2. The van der Waals surface area contributed by atoms with E-state index in [1.807, 2.05) is 0 Å². The summed E-state index contributed by atoms with van der Waals surface area (Å²) in [7, 11) is -4.01. The summed E-state index contributed by atoms with van der Waals surface area (Å²) in [4.78, 5) is 21.5. The van der Waals surface area contributed by atoms with Gasteiger partial charge in [-0.2, -0.15) is 0 Å². The summed E-state index contributed by atoms with van der Waals surface area (Å²) in [6, 6.07) is 11.0. The molecule has 0 amide bonds. The molecule has 0 unspecified atom stereocenters. The van der Waals surface area contributed by atoms with Gasteiger partial charge in [0, 0.05) is 6.54 Å². The number of hydrogen-bond donors (Lipinski definition) is 3. The standard InChI is InChI=1S/C15H13NO6S/c17-14(18)11-7-5-10(6-8-11)9-16-23(21,22)13-4-2-1-3-12(13)15(19)20/h1-8,16H,9H2,(H,17,18)(H,19,20). The Morgan fingerprint density at radius 1 is 0.913 bits per heavy atom. The maximum Gasteiger partial charge on any atom is 0.337 e. The van der Waals surface area contributed by atoms with Gasteiger partial charge in [-0.1, -0.05) is 24.3 Å². The van der Waals surface area contributed by atoms with Crippen LogP contribution in [0.5, 0.6) is 0 Å². The Balaban J connectivity index is 2.19. The van der Waals surface area contributed by atoms with Gasteiger partial charge in [-0.05, 0) is 29.8 Å². The Morgan fingerprint density at radius 3 is 2.09 bits per heavy atom. The number of benzene rings is 2. The van der Waals surface area contributed by atoms with E-state index in [1.54, 1.807) is 0 Å². The van der Waals surface area contributed by atoms with Crippen molar-refractivity contribution in [3.8, 4) is 0 Å². The third-order valence-electron chi connectivity index (χ3n) is 3.07. The van der Waals surface area contributed by atoms with Crippen molar-refractivity contribution in [2.24, 2.45) is 0 Å². The molecule has 0 bridgehead atoms. The molecule has 0 fully saturated rings. The van der Waals surface area contributed by atoms with E-state index in [9.17, 15) is 18.0 Å². The molecule has 0 saturated heterocycles.